The lowest BCUT2D eigenvalue weighted by atomic mass is 9.57. The highest BCUT2D eigenvalue weighted by atomic mass is 19.1. The fourth-order valence-corrected chi connectivity index (χ4v) is 6.64. The molecule has 190 valence electrons. The maximum atomic E-state index is 13.6. The first-order valence-electron chi connectivity index (χ1n) is 13.0. The first kappa shape index (κ1) is 24.5. The maximum absolute atomic E-state index is 13.6. The Bertz CT molecular complexity index is 1130. The molecule has 1 aliphatic heterocycles. The van der Waals surface area contributed by atoms with Crippen LogP contribution in [0.2, 0.25) is 0 Å². The molecule has 0 radical (unpaired) electrons. The summed E-state index contributed by atoms with van der Waals surface area (Å²) >= 11 is 0. The highest BCUT2D eigenvalue weighted by Crippen LogP contribution is 2.53. The molecule has 7 heteroatoms. The first-order chi connectivity index (χ1) is 17.4. The molecular weight excluding hydrogens is 459 g/mol. The topological polar surface area (TPSA) is 77.5 Å². The van der Waals surface area contributed by atoms with Crippen molar-refractivity contribution in [3.63, 3.8) is 0 Å². The number of amides is 1. The van der Waals surface area contributed by atoms with E-state index in [-0.39, 0.29) is 47.8 Å². The lowest BCUT2D eigenvalue weighted by Crippen LogP contribution is -2.48. The van der Waals surface area contributed by atoms with Crippen molar-refractivity contribution in [2.75, 3.05) is 6.61 Å². The van der Waals surface area contributed by atoms with Crippen molar-refractivity contribution in [3.05, 3.63) is 60.2 Å². The van der Waals surface area contributed by atoms with E-state index in [0.717, 1.165) is 42.5 Å². The number of cyclic esters (lactones) is 1. The summed E-state index contributed by atoms with van der Waals surface area (Å²) < 4.78 is 24.3. The molecule has 7 atom stereocenters. The van der Waals surface area contributed by atoms with Gasteiger partial charge in [-0.2, -0.15) is 0 Å². The Morgan fingerprint density at radius 3 is 2.83 bits per heavy atom. The summed E-state index contributed by atoms with van der Waals surface area (Å²) in [6, 6.07) is 10.4. The van der Waals surface area contributed by atoms with Crippen molar-refractivity contribution in [2.24, 2.45) is 29.6 Å². The Morgan fingerprint density at radius 2 is 2.08 bits per heavy atom. The first-order valence-corrected chi connectivity index (χ1v) is 13.0. The normalized spacial score (nSPS) is 31.4. The number of allylic oxidation sites excluding steroid dienone is 1. The summed E-state index contributed by atoms with van der Waals surface area (Å²) in [5.41, 5.74) is 2.48. The van der Waals surface area contributed by atoms with Gasteiger partial charge in [0.05, 0.1) is 18.2 Å². The van der Waals surface area contributed by atoms with E-state index in [4.69, 9.17) is 9.47 Å². The number of benzene rings is 1. The number of hydrogen-bond donors (Lipinski definition) is 1. The minimum absolute atomic E-state index is 0.0679. The van der Waals surface area contributed by atoms with Gasteiger partial charge in [0.25, 0.3) is 0 Å². The molecule has 0 unspecified atom stereocenters. The SMILES string of the molecule is CCOC(=O)N[C@H]1CC[C@H]2[C@@H](C1)C[C@@H]1C(=O)O[C@@H](C)[C@@H]1[C@@H]2/C=C/c1ccc(-c2cccc(F)c2)cn1. The lowest BCUT2D eigenvalue weighted by molar-refractivity contribution is -0.144. The van der Waals surface area contributed by atoms with Gasteiger partial charge in [0.15, 0.2) is 0 Å². The molecule has 1 amide bonds. The van der Waals surface area contributed by atoms with Crippen molar-refractivity contribution in [3.8, 4) is 11.1 Å². The molecule has 6 nitrogen and oxygen atoms in total. The molecule has 2 aromatic rings. The zero-order valence-corrected chi connectivity index (χ0v) is 20.7. The van der Waals surface area contributed by atoms with E-state index in [1.54, 1.807) is 19.2 Å². The van der Waals surface area contributed by atoms with Gasteiger partial charge in [-0.25, -0.2) is 9.18 Å². The van der Waals surface area contributed by atoms with Crippen LogP contribution in [0.25, 0.3) is 17.2 Å². The van der Waals surface area contributed by atoms with Crippen LogP contribution in [0, 0.1) is 35.4 Å². The van der Waals surface area contributed by atoms with Gasteiger partial charge in [-0.3, -0.25) is 9.78 Å². The molecule has 5 rings (SSSR count). The third-order valence-corrected chi connectivity index (χ3v) is 8.18. The molecule has 3 fully saturated rings. The molecular formula is C29H33FN2O4. The molecule has 2 heterocycles. The third-order valence-electron chi connectivity index (χ3n) is 8.18. The molecule has 1 saturated heterocycles. The van der Waals surface area contributed by atoms with Crippen LogP contribution in [0.1, 0.15) is 45.2 Å². The van der Waals surface area contributed by atoms with Gasteiger partial charge in [0, 0.05) is 23.7 Å². The number of alkyl carbamates (subject to hydrolysis) is 1. The van der Waals surface area contributed by atoms with Crippen LogP contribution in [0.15, 0.2) is 48.7 Å². The summed E-state index contributed by atoms with van der Waals surface area (Å²) in [6.07, 6.45) is 9.07. The lowest BCUT2D eigenvalue weighted by Gasteiger charge is -2.47. The number of carbonyl (C=O) groups is 2. The fourth-order valence-electron chi connectivity index (χ4n) is 6.64. The zero-order chi connectivity index (χ0) is 25.2. The summed E-state index contributed by atoms with van der Waals surface area (Å²) in [5, 5.41) is 3.00. The molecule has 1 aromatic carbocycles. The number of hydrogen-bond acceptors (Lipinski definition) is 5. The van der Waals surface area contributed by atoms with Gasteiger partial charge in [0.2, 0.25) is 0 Å². The molecule has 36 heavy (non-hydrogen) atoms. The number of nitrogens with zero attached hydrogens (tertiary/aromatic N) is 1. The van der Waals surface area contributed by atoms with Gasteiger partial charge < -0.3 is 14.8 Å². The van der Waals surface area contributed by atoms with E-state index in [9.17, 15) is 14.0 Å². The summed E-state index contributed by atoms with van der Waals surface area (Å²) in [6.45, 7) is 4.15. The Kier molecular flexibility index (Phi) is 7.08. The molecule has 1 aromatic heterocycles. The van der Waals surface area contributed by atoms with E-state index in [1.807, 2.05) is 31.2 Å². The summed E-state index contributed by atoms with van der Waals surface area (Å²) in [5.74, 6) is 0.629. The minimum Gasteiger partial charge on any atom is -0.462 e. The third kappa shape index (κ3) is 5.01. The highest BCUT2D eigenvalue weighted by Gasteiger charge is 2.54. The Balaban J connectivity index is 1.34. The largest absolute Gasteiger partial charge is 0.462 e. The number of halogens is 1. The number of carbonyl (C=O) groups excluding carboxylic acids is 2. The Hall–Kier alpha value is -3.22. The smallest absolute Gasteiger partial charge is 0.407 e. The number of ether oxygens (including phenoxy) is 2. The fraction of sp³-hybridized carbons (Fsp3) is 0.483. The minimum atomic E-state index is -0.368. The second-order valence-corrected chi connectivity index (χ2v) is 10.3. The van der Waals surface area contributed by atoms with Crippen LogP contribution < -0.4 is 5.32 Å². The molecule has 0 bridgehead atoms. The number of aromatic nitrogens is 1. The molecule has 2 saturated carbocycles. The summed E-state index contributed by atoms with van der Waals surface area (Å²) in [7, 11) is 0. The number of pyridine rings is 1. The zero-order valence-electron chi connectivity index (χ0n) is 20.7. The van der Waals surface area contributed by atoms with Crippen molar-refractivity contribution >= 4 is 18.1 Å². The van der Waals surface area contributed by atoms with E-state index in [2.05, 4.69) is 16.4 Å². The second kappa shape index (κ2) is 10.4. The number of nitrogens with one attached hydrogen (secondary N) is 1. The van der Waals surface area contributed by atoms with Crippen LogP contribution in [-0.4, -0.2) is 35.8 Å². The number of rotatable bonds is 5. The van der Waals surface area contributed by atoms with Crippen molar-refractivity contribution < 1.29 is 23.5 Å². The van der Waals surface area contributed by atoms with E-state index in [1.165, 1.54) is 12.1 Å². The van der Waals surface area contributed by atoms with Crippen LogP contribution in [0.3, 0.4) is 0 Å². The molecule has 3 aliphatic rings. The number of fused-ring (bicyclic) bond motifs is 2. The Morgan fingerprint density at radius 1 is 1.22 bits per heavy atom. The van der Waals surface area contributed by atoms with Gasteiger partial charge >= 0.3 is 12.1 Å². The van der Waals surface area contributed by atoms with Gasteiger partial charge in [-0.15, -0.1) is 0 Å². The molecule has 2 aliphatic carbocycles. The van der Waals surface area contributed by atoms with Crippen LogP contribution in [0.4, 0.5) is 9.18 Å². The predicted molar refractivity (Wildman–Crippen MR) is 134 cm³/mol. The highest BCUT2D eigenvalue weighted by molar-refractivity contribution is 5.75. The Labute approximate surface area is 211 Å². The maximum Gasteiger partial charge on any atom is 0.407 e. The second-order valence-electron chi connectivity index (χ2n) is 10.3. The molecule has 0 spiro atoms. The van der Waals surface area contributed by atoms with Crippen LogP contribution >= 0.6 is 0 Å². The van der Waals surface area contributed by atoms with Gasteiger partial charge in [0.1, 0.15) is 11.9 Å². The van der Waals surface area contributed by atoms with E-state index >= 15 is 0 Å². The van der Waals surface area contributed by atoms with E-state index in [0.29, 0.717) is 18.4 Å². The van der Waals surface area contributed by atoms with Crippen molar-refractivity contribution in [1.82, 2.24) is 10.3 Å². The van der Waals surface area contributed by atoms with Gasteiger partial charge in [-0.1, -0.05) is 24.3 Å². The van der Waals surface area contributed by atoms with E-state index < -0.39 is 0 Å². The van der Waals surface area contributed by atoms with Crippen LogP contribution in [-0.2, 0) is 14.3 Å². The molecule has 1 N–H and O–H groups in total. The van der Waals surface area contributed by atoms with Crippen molar-refractivity contribution in [2.45, 2.75) is 51.7 Å². The predicted octanol–water partition coefficient (Wildman–Crippen LogP) is 5.63. The summed E-state index contributed by atoms with van der Waals surface area (Å²) in [4.78, 5) is 29.2. The quantitative estimate of drug-likeness (QED) is 0.548. The van der Waals surface area contributed by atoms with Crippen molar-refractivity contribution in [1.29, 1.82) is 0 Å². The average Bonchev–Trinajstić information content (AvgIpc) is 3.15. The van der Waals surface area contributed by atoms with Crippen LogP contribution in [0.5, 0.6) is 0 Å². The standard InChI is InChI=1S/C29H33FN2O4/c1-3-35-29(34)32-23-10-11-24-20(14-23)15-26-27(17(2)36-28(26)33)25(24)12-9-22-8-7-19(16-31-22)18-5-4-6-21(30)13-18/h4-9,12-13,16-17,20,23-27H,3,10-11,14-15H2,1-2H3,(H,32,34)/b12-9+/t17-,20-,23-,24-,25+,26-,27+/m0/s1. The van der Waals surface area contributed by atoms with Gasteiger partial charge in [-0.05, 0) is 87.1 Å². The number of esters is 1. The monoisotopic (exact) mass is 492 g/mol. The average molecular weight is 493 g/mol.